The fraction of sp³-hybridized carbons (Fsp3) is 0.556. The third kappa shape index (κ3) is 3.38. The minimum atomic E-state index is -3.05. The summed E-state index contributed by atoms with van der Waals surface area (Å²) >= 11 is 6.14. The predicted molar refractivity (Wildman–Crippen MR) is 106 cm³/mol. The van der Waals surface area contributed by atoms with Gasteiger partial charge in [0.15, 0.2) is 9.84 Å². The number of pyridine rings is 2. The molecular weight excluding hydrogens is 402 g/mol. The van der Waals surface area contributed by atoms with Gasteiger partial charge in [0.1, 0.15) is 11.3 Å². The normalized spacial score (nSPS) is 24.1. The van der Waals surface area contributed by atoms with E-state index in [0.29, 0.717) is 29.3 Å². The molecule has 28 heavy (non-hydrogen) atoms. The first-order valence-electron chi connectivity index (χ1n) is 9.09. The number of rotatable bonds is 6. The third-order valence-electron chi connectivity index (χ3n) is 5.81. The molecule has 0 aromatic carbocycles. The van der Waals surface area contributed by atoms with Crippen LogP contribution in [0.4, 0.5) is 0 Å². The van der Waals surface area contributed by atoms with E-state index in [1.807, 2.05) is 6.92 Å². The van der Waals surface area contributed by atoms with Crippen LogP contribution in [0.3, 0.4) is 0 Å². The minimum absolute atomic E-state index is 0.205. The molecule has 2 aromatic rings. The smallest absolute Gasteiger partial charge is 0.223 e. The molecule has 0 spiro atoms. The second-order valence-corrected chi connectivity index (χ2v) is 10.5. The number of fused-ring (bicyclic) bond motifs is 1. The Morgan fingerprint density at radius 1 is 1.29 bits per heavy atom. The van der Waals surface area contributed by atoms with E-state index in [0.717, 1.165) is 23.8 Å². The van der Waals surface area contributed by atoms with Crippen molar-refractivity contribution in [2.24, 2.45) is 11.0 Å². The summed E-state index contributed by atoms with van der Waals surface area (Å²) in [5, 5.41) is 5.51. The van der Waals surface area contributed by atoms with E-state index in [1.54, 1.807) is 18.5 Å². The van der Waals surface area contributed by atoms with E-state index in [9.17, 15) is 8.42 Å². The molecule has 0 amide bonds. The fourth-order valence-corrected chi connectivity index (χ4v) is 5.08. The first kappa shape index (κ1) is 19.2. The van der Waals surface area contributed by atoms with Crippen LogP contribution in [-0.4, -0.2) is 36.0 Å². The van der Waals surface area contributed by atoms with Gasteiger partial charge in [-0.15, -0.1) is 0 Å². The highest BCUT2D eigenvalue weighted by Gasteiger charge is 2.44. The van der Waals surface area contributed by atoms with Gasteiger partial charge in [0.25, 0.3) is 0 Å². The highest BCUT2D eigenvalue weighted by atomic mass is 35.5. The summed E-state index contributed by atoms with van der Waals surface area (Å²) < 4.78 is 29.2. The zero-order valence-corrected chi connectivity index (χ0v) is 17.1. The summed E-state index contributed by atoms with van der Waals surface area (Å²) in [5.74, 6) is 0.646. The van der Waals surface area contributed by atoms with Crippen molar-refractivity contribution in [1.82, 2.24) is 9.97 Å². The van der Waals surface area contributed by atoms with E-state index < -0.39 is 15.4 Å². The molecule has 2 saturated carbocycles. The lowest BCUT2D eigenvalue weighted by Crippen LogP contribution is -2.42. The number of ether oxygens (including phenoxy) is 1. The zero-order valence-electron chi connectivity index (χ0n) is 15.5. The average Bonchev–Trinajstić information content (AvgIpc) is 3.41. The van der Waals surface area contributed by atoms with Crippen LogP contribution >= 0.6 is 11.6 Å². The van der Waals surface area contributed by atoms with Crippen LogP contribution in [0.1, 0.15) is 38.2 Å². The van der Waals surface area contributed by atoms with Gasteiger partial charge < -0.3 is 4.74 Å². The van der Waals surface area contributed by atoms with Gasteiger partial charge in [-0.1, -0.05) is 16.7 Å². The fourth-order valence-electron chi connectivity index (χ4n) is 3.80. The number of aromatic nitrogens is 2. The highest BCUT2D eigenvalue weighted by Crippen LogP contribution is 2.50. The van der Waals surface area contributed by atoms with E-state index in [-0.39, 0.29) is 17.3 Å². The first-order valence-corrected chi connectivity index (χ1v) is 11.4. The second kappa shape index (κ2) is 6.76. The van der Waals surface area contributed by atoms with Gasteiger partial charge in [0.2, 0.25) is 5.88 Å². The molecule has 0 N–H and O–H groups in total. The number of hydrogen-bond donors (Lipinski definition) is 0. The number of hydrogen-bond acceptors (Lipinski definition) is 6. The molecule has 0 radical (unpaired) electrons. The van der Waals surface area contributed by atoms with Crippen molar-refractivity contribution in [2.45, 2.75) is 49.5 Å². The number of nitrogens with zero attached hydrogens (tertiary/aromatic N) is 5. The Balaban J connectivity index is 1.72. The predicted octanol–water partition coefficient (Wildman–Crippen LogP) is 4.17. The van der Waals surface area contributed by atoms with Crippen molar-refractivity contribution in [1.29, 1.82) is 0 Å². The molecule has 0 aliphatic heterocycles. The summed E-state index contributed by atoms with van der Waals surface area (Å²) in [5.41, 5.74) is 9.17. The molecule has 1 unspecified atom stereocenters. The molecule has 2 aromatic heterocycles. The van der Waals surface area contributed by atoms with E-state index in [2.05, 4.69) is 20.0 Å². The second-order valence-electron chi connectivity index (χ2n) is 7.80. The lowest BCUT2D eigenvalue weighted by Gasteiger charge is -2.34. The van der Waals surface area contributed by atoms with Crippen LogP contribution in [0.15, 0.2) is 23.6 Å². The Morgan fingerprint density at radius 3 is 2.61 bits per heavy atom. The monoisotopic (exact) mass is 421 g/mol. The van der Waals surface area contributed by atoms with E-state index in [4.69, 9.17) is 21.9 Å². The van der Waals surface area contributed by atoms with Gasteiger partial charge >= 0.3 is 0 Å². The molecule has 2 fully saturated rings. The standard InChI is InChI=1S/C18H20ClN5O3S/c1-18(23-24-20,10-3-4-10)15-9-22-17(14-8-21-16(19)7-13(14)15)27-11-5-12(6-11)28(2,25)26/h7-12H,3-6H2,1-2H3. The maximum Gasteiger partial charge on any atom is 0.223 e. The molecule has 10 heteroatoms. The molecule has 0 bridgehead atoms. The summed E-state index contributed by atoms with van der Waals surface area (Å²) in [7, 11) is -3.05. The Labute approximate surface area is 167 Å². The maximum absolute atomic E-state index is 11.6. The summed E-state index contributed by atoms with van der Waals surface area (Å²) in [6, 6.07) is 1.73. The molecule has 1 atom stereocenters. The molecular formula is C18H20ClN5O3S. The molecule has 2 aliphatic carbocycles. The SMILES string of the molecule is CC(N=[N+]=[N-])(c1cnc(OC2CC(S(C)(=O)=O)C2)c2cnc(Cl)cc12)C1CC1. The van der Waals surface area contributed by atoms with E-state index in [1.165, 1.54) is 6.26 Å². The topological polar surface area (TPSA) is 118 Å². The van der Waals surface area contributed by atoms with Crippen LogP contribution in [-0.2, 0) is 15.4 Å². The van der Waals surface area contributed by atoms with Gasteiger partial charge in [-0.25, -0.2) is 18.4 Å². The Morgan fingerprint density at radius 2 is 2.00 bits per heavy atom. The molecule has 4 rings (SSSR count). The van der Waals surface area contributed by atoms with Crippen LogP contribution in [0.2, 0.25) is 5.15 Å². The van der Waals surface area contributed by atoms with Crippen LogP contribution in [0, 0.1) is 5.92 Å². The number of halogens is 1. The summed E-state index contributed by atoms with van der Waals surface area (Å²) in [6.45, 7) is 1.92. The molecule has 0 saturated heterocycles. The van der Waals surface area contributed by atoms with E-state index >= 15 is 0 Å². The first-order chi connectivity index (χ1) is 13.2. The van der Waals surface area contributed by atoms with Crippen LogP contribution < -0.4 is 4.74 Å². The van der Waals surface area contributed by atoms with Gasteiger partial charge in [-0.05, 0) is 48.2 Å². The van der Waals surface area contributed by atoms with Crippen molar-refractivity contribution in [2.75, 3.05) is 6.26 Å². The highest BCUT2D eigenvalue weighted by molar-refractivity contribution is 7.91. The number of azide groups is 1. The lowest BCUT2D eigenvalue weighted by atomic mass is 9.86. The van der Waals surface area contributed by atoms with Crippen molar-refractivity contribution in [3.05, 3.63) is 39.6 Å². The van der Waals surface area contributed by atoms with Crippen molar-refractivity contribution in [3.8, 4) is 5.88 Å². The quantitative estimate of drug-likeness (QED) is 0.300. The average molecular weight is 422 g/mol. The van der Waals surface area contributed by atoms with Gasteiger partial charge in [0.05, 0.1) is 16.2 Å². The Kier molecular flexibility index (Phi) is 4.64. The van der Waals surface area contributed by atoms with Gasteiger partial charge in [0, 0.05) is 36.4 Å². The molecule has 2 aliphatic rings. The maximum atomic E-state index is 11.6. The van der Waals surface area contributed by atoms with Gasteiger partial charge in [-0.2, -0.15) is 0 Å². The Bertz CT molecular complexity index is 1090. The number of sulfone groups is 1. The van der Waals surface area contributed by atoms with Gasteiger partial charge in [-0.3, -0.25) is 0 Å². The molecule has 8 nitrogen and oxygen atoms in total. The van der Waals surface area contributed by atoms with Crippen LogP contribution in [0.25, 0.3) is 21.2 Å². The summed E-state index contributed by atoms with van der Waals surface area (Å²) in [4.78, 5) is 11.7. The minimum Gasteiger partial charge on any atom is -0.474 e. The third-order valence-corrected chi connectivity index (χ3v) is 7.61. The van der Waals surface area contributed by atoms with Crippen molar-refractivity contribution in [3.63, 3.8) is 0 Å². The van der Waals surface area contributed by atoms with Crippen molar-refractivity contribution >= 4 is 32.2 Å². The van der Waals surface area contributed by atoms with Crippen molar-refractivity contribution < 1.29 is 13.2 Å². The zero-order chi connectivity index (χ0) is 20.1. The largest absolute Gasteiger partial charge is 0.474 e. The molecule has 148 valence electrons. The lowest BCUT2D eigenvalue weighted by molar-refractivity contribution is 0.119. The molecule has 2 heterocycles. The Hall–Kier alpha value is -2.09. The summed E-state index contributed by atoms with van der Waals surface area (Å²) in [6.07, 6.45) is 7.19. The van der Waals surface area contributed by atoms with Crippen LogP contribution in [0.5, 0.6) is 5.88 Å².